The number of carbonyl (C=O) groups is 2. The van der Waals surface area contributed by atoms with Crippen LogP contribution in [0, 0.1) is 0 Å². The molecule has 0 spiro atoms. The third-order valence-corrected chi connectivity index (χ3v) is 6.79. The predicted molar refractivity (Wildman–Crippen MR) is 137 cm³/mol. The lowest BCUT2D eigenvalue weighted by atomic mass is 10.1. The molecule has 1 saturated heterocycles. The van der Waals surface area contributed by atoms with E-state index < -0.39 is 0 Å². The third kappa shape index (κ3) is 5.52. The first kappa shape index (κ1) is 24.6. The van der Waals surface area contributed by atoms with E-state index in [4.69, 9.17) is 13.9 Å². The fraction of sp³-hybridized carbons (Fsp3) is 0.407. The average molecular weight is 506 g/mol. The highest BCUT2D eigenvalue weighted by molar-refractivity contribution is 5.94. The standard InChI is InChI=1S/C27H31N5O5/c1-35-22-10-6-19(17-24(22)36-2)21-9-11-25(29-28-21)30-12-4-13-31(15-14-30)26(33)18-32(20-7-8-20)27(34)23-5-3-16-37-23/h3,5-6,9-11,16-17,20H,4,7-8,12-15,18H2,1-2H3. The van der Waals surface area contributed by atoms with Crippen LogP contribution in [-0.4, -0.2) is 84.8 Å². The van der Waals surface area contributed by atoms with E-state index in [9.17, 15) is 9.59 Å². The summed E-state index contributed by atoms with van der Waals surface area (Å²) in [6, 6.07) is 13.0. The molecule has 37 heavy (non-hydrogen) atoms. The topological polar surface area (TPSA) is 101 Å². The highest BCUT2D eigenvalue weighted by Crippen LogP contribution is 2.32. The number of hydrogen-bond acceptors (Lipinski definition) is 8. The van der Waals surface area contributed by atoms with E-state index in [2.05, 4.69) is 15.1 Å². The van der Waals surface area contributed by atoms with Gasteiger partial charge in [-0.05, 0) is 61.7 Å². The Morgan fingerprint density at radius 1 is 1.00 bits per heavy atom. The summed E-state index contributed by atoms with van der Waals surface area (Å²) < 4.78 is 16.0. The number of aromatic nitrogens is 2. The van der Waals surface area contributed by atoms with Crippen molar-refractivity contribution < 1.29 is 23.5 Å². The van der Waals surface area contributed by atoms with Crippen molar-refractivity contribution in [3.8, 4) is 22.8 Å². The Kier molecular flexibility index (Phi) is 7.25. The van der Waals surface area contributed by atoms with Gasteiger partial charge in [0, 0.05) is 37.8 Å². The Balaban J connectivity index is 1.20. The molecule has 0 N–H and O–H groups in total. The SMILES string of the molecule is COc1ccc(-c2ccc(N3CCCN(C(=O)CN(C(=O)c4ccco4)C4CC4)CC3)nn2)cc1OC. The first-order valence-corrected chi connectivity index (χ1v) is 12.5. The van der Waals surface area contributed by atoms with Gasteiger partial charge < -0.3 is 28.6 Å². The molecular formula is C27H31N5O5. The molecule has 0 radical (unpaired) electrons. The molecular weight excluding hydrogens is 474 g/mol. The van der Waals surface area contributed by atoms with Crippen LogP contribution < -0.4 is 14.4 Å². The zero-order chi connectivity index (χ0) is 25.8. The second-order valence-electron chi connectivity index (χ2n) is 9.21. The zero-order valence-corrected chi connectivity index (χ0v) is 21.1. The lowest BCUT2D eigenvalue weighted by molar-refractivity contribution is -0.131. The van der Waals surface area contributed by atoms with Crippen LogP contribution in [0.4, 0.5) is 5.82 Å². The van der Waals surface area contributed by atoms with E-state index in [1.807, 2.05) is 35.2 Å². The lowest BCUT2D eigenvalue weighted by Gasteiger charge is -2.26. The number of nitrogens with zero attached hydrogens (tertiary/aromatic N) is 5. The van der Waals surface area contributed by atoms with Gasteiger partial charge in [0.1, 0.15) is 6.54 Å². The number of benzene rings is 1. The van der Waals surface area contributed by atoms with Gasteiger partial charge in [0.25, 0.3) is 5.91 Å². The van der Waals surface area contributed by atoms with Crippen molar-refractivity contribution >= 4 is 17.6 Å². The number of furan rings is 1. The second-order valence-corrected chi connectivity index (χ2v) is 9.21. The van der Waals surface area contributed by atoms with Gasteiger partial charge in [0.05, 0.1) is 26.2 Å². The van der Waals surface area contributed by atoms with E-state index in [0.29, 0.717) is 31.1 Å². The molecule has 2 aliphatic rings. The number of methoxy groups -OCH3 is 2. The number of anilines is 1. The Morgan fingerprint density at radius 2 is 1.84 bits per heavy atom. The number of hydrogen-bond donors (Lipinski definition) is 0. The van der Waals surface area contributed by atoms with Gasteiger partial charge in [-0.1, -0.05) is 0 Å². The van der Waals surface area contributed by atoms with Crippen LogP contribution in [0.25, 0.3) is 11.3 Å². The fourth-order valence-electron chi connectivity index (χ4n) is 4.58. The minimum Gasteiger partial charge on any atom is -0.493 e. The predicted octanol–water partition coefficient (Wildman–Crippen LogP) is 3.10. The molecule has 10 nitrogen and oxygen atoms in total. The summed E-state index contributed by atoms with van der Waals surface area (Å²) >= 11 is 0. The van der Waals surface area contributed by atoms with Gasteiger partial charge in [-0.25, -0.2) is 0 Å². The van der Waals surface area contributed by atoms with Crippen LogP contribution >= 0.6 is 0 Å². The normalized spacial score (nSPS) is 15.7. The fourth-order valence-corrected chi connectivity index (χ4v) is 4.58. The Bertz CT molecular complexity index is 1230. The summed E-state index contributed by atoms with van der Waals surface area (Å²) in [5.74, 6) is 2.08. The first-order chi connectivity index (χ1) is 18.1. The van der Waals surface area contributed by atoms with Crippen molar-refractivity contribution in [1.82, 2.24) is 20.0 Å². The van der Waals surface area contributed by atoms with Gasteiger partial charge in [-0.15, -0.1) is 10.2 Å². The van der Waals surface area contributed by atoms with Gasteiger partial charge in [0.2, 0.25) is 5.91 Å². The molecule has 2 fully saturated rings. The quantitative estimate of drug-likeness (QED) is 0.460. The molecule has 3 heterocycles. The lowest BCUT2D eigenvalue weighted by Crippen LogP contribution is -2.45. The minimum absolute atomic E-state index is 0.0384. The summed E-state index contributed by atoms with van der Waals surface area (Å²) in [6.07, 6.45) is 4.13. The Labute approximate surface area is 215 Å². The smallest absolute Gasteiger partial charge is 0.290 e. The molecule has 1 aliphatic heterocycles. The maximum atomic E-state index is 13.1. The summed E-state index contributed by atoms with van der Waals surface area (Å²) in [5.41, 5.74) is 1.62. The molecule has 3 aromatic rings. The van der Waals surface area contributed by atoms with Crippen molar-refractivity contribution in [2.75, 3.05) is 51.8 Å². The molecule has 1 aromatic carbocycles. The summed E-state index contributed by atoms with van der Waals surface area (Å²) in [7, 11) is 3.20. The van der Waals surface area contributed by atoms with Gasteiger partial charge in [-0.2, -0.15) is 0 Å². The number of amides is 2. The monoisotopic (exact) mass is 505 g/mol. The van der Waals surface area contributed by atoms with Crippen LogP contribution in [0.2, 0.25) is 0 Å². The zero-order valence-electron chi connectivity index (χ0n) is 21.1. The molecule has 2 aromatic heterocycles. The number of ether oxygens (including phenoxy) is 2. The molecule has 0 unspecified atom stereocenters. The molecule has 1 aliphatic carbocycles. The Morgan fingerprint density at radius 3 is 2.51 bits per heavy atom. The first-order valence-electron chi connectivity index (χ1n) is 12.5. The van der Waals surface area contributed by atoms with Gasteiger partial charge >= 0.3 is 0 Å². The van der Waals surface area contributed by atoms with Crippen LogP contribution in [0.1, 0.15) is 29.8 Å². The largest absolute Gasteiger partial charge is 0.493 e. The van der Waals surface area contributed by atoms with Crippen molar-refractivity contribution in [1.29, 1.82) is 0 Å². The maximum absolute atomic E-state index is 13.1. The molecule has 0 atom stereocenters. The van der Waals surface area contributed by atoms with Crippen molar-refractivity contribution in [3.63, 3.8) is 0 Å². The van der Waals surface area contributed by atoms with Crippen LogP contribution in [0.15, 0.2) is 53.1 Å². The highest BCUT2D eigenvalue weighted by Gasteiger charge is 2.36. The van der Waals surface area contributed by atoms with E-state index >= 15 is 0 Å². The molecule has 0 bridgehead atoms. The van der Waals surface area contributed by atoms with E-state index in [0.717, 1.165) is 42.9 Å². The van der Waals surface area contributed by atoms with Crippen LogP contribution in [0.3, 0.4) is 0 Å². The molecule has 2 amide bonds. The maximum Gasteiger partial charge on any atom is 0.290 e. The number of carbonyl (C=O) groups excluding carboxylic acids is 2. The third-order valence-electron chi connectivity index (χ3n) is 6.79. The molecule has 194 valence electrons. The molecule has 10 heteroatoms. The summed E-state index contributed by atoms with van der Waals surface area (Å²) in [5, 5.41) is 8.88. The molecule has 1 saturated carbocycles. The van der Waals surface area contributed by atoms with Gasteiger partial charge in [0.15, 0.2) is 23.1 Å². The van der Waals surface area contributed by atoms with Crippen molar-refractivity contribution in [2.45, 2.75) is 25.3 Å². The summed E-state index contributed by atoms with van der Waals surface area (Å²) in [6.45, 7) is 2.69. The summed E-state index contributed by atoms with van der Waals surface area (Å²) in [4.78, 5) is 31.6. The van der Waals surface area contributed by atoms with E-state index in [1.165, 1.54) is 6.26 Å². The van der Waals surface area contributed by atoms with Crippen LogP contribution in [-0.2, 0) is 4.79 Å². The Hall–Kier alpha value is -4.08. The second kappa shape index (κ2) is 10.9. The highest BCUT2D eigenvalue weighted by atomic mass is 16.5. The number of rotatable bonds is 8. The minimum atomic E-state index is -0.220. The van der Waals surface area contributed by atoms with Crippen molar-refractivity contribution in [2.24, 2.45) is 0 Å². The van der Waals surface area contributed by atoms with Gasteiger partial charge in [-0.3, -0.25) is 9.59 Å². The van der Waals surface area contributed by atoms with Crippen molar-refractivity contribution in [3.05, 3.63) is 54.5 Å². The van der Waals surface area contributed by atoms with E-state index in [1.54, 1.807) is 31.3 Å². The average Bonchev–Trinajstić information content (AvgIpc) is 3.69. The molecule has 5 rings (SSSR count). The van der Waals surface area contributed by atoms with E-state index in [-0.39, 0.29) is 30.2 Å². The van der Waals surface area contributed by atoms with Crippen LogP contribution in [0.5, 0.6) is 11.5 Å².